The zero-order chi connectivity index (χ0) is 20.2. The molecule has 9 heteroatoms. The van der Waals surface area contributed by atoms with E-state index in [9.17, 15) is 35.9 Å². The summed E-state index contributed by atoms with van der Waals surface area (Å²) in [6.07, 6.45) is -7.53. The number of amides is 2. The molecule has 150 valence electrons. The van der Waals surface area contributed by atoms with Crippen molar-refractivity contribution in [1.29, 1.82) is 0 Å². The molecule has 0 radical (unpaired) electrons. The Morgan fingerprint density at radius 2 is 1.14 bits per heavy atom. The quantitative estimate of drug-likeness (QED) is 0.511. The van der Waals surface area contributed by atoms with Gasteiger partial charge in [0.05, 0.1) is 28.7 Å². The Balaban J connectivity index is 1.60. The largest absolute Gasteiger partial charge is 0.416 e. The second-order valence-electron chi connectivity index (χ2n) is 8.30. The van der Waals surface area contributed by atoms with Gasteiger partial charge in [0.2, 0.25) is 11.8 Å². The van der Waals surface area contributed by atoms with E-state index in [1.165, 1.54) is 0 Å². The molecule has 1 heterocycles. The van der Waals surface area contributed by atoms with Gasteiger partial charge < -0.3 is 0 Å². The average molecular weight is 403 g/mol. The number of carbonyl (C=O) groups is 2. The molecule has 0 aromatic heterocycles. The molecule has 6 unspecified atom stereocenters. The minimum atomic E-state index is -5.03. The zero-order valence-corrected chi connectivity index (χ0v) is 14.3. The lowest BCUT2D eigenvalue weighted by atomic mass is 9.59. The average Bonchev–Trinajstić information content (AvgIpc) is 3.37. The van der Waals surface area contributed by atoms with Crippen molar-refractivity contribution in [3.05, 3.63) is 29.3 Å². The van der Waals surface area contributed by atoms with Crippen molar-refractivity contribution in [1.82, 2.24) is 0 Å². The van der Waals surface area contributed by atoms with Gasteiger partial charge in [-0.3, -0.25) is 14.5 Å². The maximum Gasteiger partial charge on any atom is 0.416 e. The first-order valence-electron chi connectivity index (χ1n) is 9.16. The molecule has 4 aliphatic carbocycles. The number of alkyl halides is 6. The van der Waals surface area contributed by atoms with E-state index in [0.29, 0.717) is 28.9 Å². The number of hydrogen-bond acceptors (Lipinski definition) is 2. The smallest absolute Gasteiger partial charge is 0.274 e. The molecular formula is C19H15F6NO2. The number of fused-ring (bicyclic) bond motifs is 1. The van der Waals surface area contributed by atoms with Crippen LogP contribution in [0.1, 0.15) is 30.4 Å². The van der Waals surface area contributed by atoms with E-state index in [-0.39, 0.29) is 17.9 Å². The van der Waals surface area contributed by atoms with Crippen molar-refractivity contribution in [2.45, 2.75) is 31.6 Å². The topological polar surface area (TPSA) is 37.4 Å². The van der Waals surface area contributed by atoms with Crippen LogP contribution in [-0.4, -0.2) is 11.8 Å². The Kier molecular flexibility index (Phi) is 3.41. The van der Waals surface area contributed by atoms with E-state index in [1.54, 1.807) is 0 Å². The summed E-state index contributed by atoms with van der Waals surface area (Å²) in [6.45, 7) is 0. The zero-order valence-electron chi connectivity index (χ0n) is 14.3. The monoisotopic (exact) mass is 403 g/mol. The minimum absolute atomic E-state index is 0.000454. The summed E-state index contributed by atoms with van der Waals surface area (Å²) < 4.78 is 78.9. The third kappa shape index (κ3) is 2.37. The second kappa shape index (κ2) is 5.30. The van der Waals surface area contributed by atoms with Crippen molar-refractivity contribution in [2.24, 2.45) is 35.5 Å². The molecule has 6 rings (SSSR count). The molecule has 0 N–H and O–H groups in total. The molecule has 3 nitrogen and oxygen atoms in total. The van der Waals surface area contributed by atoms with Crippen LogP contribution in [0, 0.1) is 35.5 Å². The van der Waals surface area contributed by atoms with Crippen LogP contribution in [0.15, 0.2) is 18.2 Å². The van der Waals surface area contributed by atoms with E-state index in [1.807, 2.05) is 0 Å². The molecule has 28 heavy (non-hydrogen) atoms. The maximum absolute atomic E-state index is 13.1. The maximum atomic E-state index is 13.1. The lowest BCUT2D eigenvalue weighted by molar-refractivity contribution is -0.143. The first-order chi connectivity index (χ1) is 13.0. The predicted octanol–water partition coefficient (Wildman–Crippen LogP) is 4.51. The van der Waals surface area contributed by atoms with Gasteiger partial charge in [0.15, 0.2) is 0 Å². The summed E-state index contributed by atoms with van der Waals surface area (Å²) >= 11 is 0. The predicted molar refractivity (Wildman–Crippen MR) is 83.7 cm³/mol. The van der Waals surface area contributed by atoms with E-state index in [0.717, 1.165) is 19.3 Å². The summed E-state index contributed by atoms with van der Waals surface area (Å²) in [4.78, 5) is 26.5. The summed E-state index contributed by atoms with van der Waals surface area (Å²) in [5.74, 6) is -1.78. The van der Waals surface area contributed by atoms with Gasteiger partial charge >= 0.3 is 12.4 Å². The summed E-state index contributed by atoms with van der Waals surface area (Å²) in [7, 11) is 0. The van der Waals surface area contributed by atoms with Crippen molar-refractivity contribution in [3.8, 4) is 0 Å². The SMILES string of the molecule is O=C1C2C3CCC(C4CC43)C2C(=O)N1c1cc(C(F)(F)F)cc(C(F)(F)F)c1. The summed E-state index contributed by atoms with van der Waals surface area (Å²) in [6, 6.07) is 0.927. The fourth-order valence-corrected chi connectivity index (χ4v) is 5.86. The number of imide groups is 1. The number of carbonyl (C=O) groups excluding carboxylic acids is 2. The van der Waals surface area contributed by atoms with Gasteiger partial charge in [-0.05, 0) is 61.1 Å². The first-order valence-corrected chi connectivity index (χ1v) is 9.16. The summed E-state index contributed by atoms with van der Waals surface area (Å²) in [5, 5.41) is 0. The third-order valence-electron chi connectivity index (χ3n) is 6.98. The van der Waals surface area contributed by atoms with Crippen LogP contribution in [-0.2, 0) is 21.9 Å². The Bertz CT molecular complexity index is 825. The van der Waals surface area contributed by atoms with Crippen molar-refractivity contribution < 1.29 is 35.9 Å². The number of benzene rings is 1. The number of nitrogens with zero attached hydrogens (tertiary/aromatic N) is 1. The lowest BCUT2D eigenvalue weighted by Crippen LogP contribution is -2.43. The van der Waals surface area contributed by atoms with Gasteiger partial charge in [-0.25, -0.2) is 0 Å². The molecule has 5 aliphatic rings. The number of hydrogen-bond donors (Lipinski definition) is 0. The van der Waals surface area contributed by atoms with Crippen LogP contribution in [0.4, 0.5) is 32.0 Å². The Morgan fingerprint density at radius 3 is 1.54 bits per heavy atom. The van der Waals surface area contributed by atoms with Crippen molar-refractivity contribution in [3.63, 3.8) is 0 Å². The number of anilines is 1. The van der Waals surface area contributed by atoms with Crippen molar-refractivity contribution >= 4 is 17.5 Å². The van der Waals surface area contributed by atoms with Gasteiger partial charge in [-0.15, -0.1) is 0 Å². The molecule has 1 aromatic rings. The van der Waals surface area contributed by atoms with Gasteiger partial charge in [0, 0.05) is 0 Å². The third-order valence-corrected chi connectivity index (χ3v) is 6.98. The molecule has 6 atom stereocenters. The normalized spacial score (nSPS) is 36.6. The van der Waals surface area contributed by atoms with E-state index in [4.69, 9.17) is 0 Å². The first kappa shape index (κ1) is 18.0. The van der Waals surface area contributed by atoms with Gasteiger partial charge in [0.25, 0.3) is 0 Å². The minimum Gasteiger partial charge on any atom is -0.274 e. The van der Waals surface area contributed by atoms with Crippen molar-refractivity contribution in [2.75, 3.05) is 4.90 Å². The van der Waals surface area contributed by atoms with Gasteiger partial charge in [-0.1, -0.05) is 0 Å². The molecule has 1 aromatic carbocycles. The van der Waals surface area contributed by atoms with Crippen LogP contribution in [0.3, 0.4) is 0 Å². The molecular weight excluding hydrogens is 388 g/mol. The highest BCUT2D eigenvalue weighted by molar-refractivity contribution is 6.22. The highest BCUT2D eigenvalue weighted by atomic mass is 19.4. The van der Waals surface area contributed by atoms with Crippen LogP contribution in [0.5, 0.6) is 0 Å². The van der Waals surface area contributed by atoms with Crippen LogP contribution in [0.25, 0.3) is 0 Å². The summed E-state index contributed by atoms with van der Waals surface area (Å²) in [5.41, 5.74) is -3.70. The number of rotatable bonds is 1. The Morgan fingerprint density at radius 1 is 0.714 bits per heavy atom. The van der Waals surface area contributed by atoms with E-state index in [2.05, 4.69) is 0 Å². The molecule has 1 aliphatic heterocycles. The number of halogens is 6. The van der Waals surface area contributed by atoms with Gasteiger partial charge in [0.1, 0.15) is 0 Å². The fourth-order valence-electron chi connectivity index (χ4n) is 5.86. The molecule has 5 fully saturated rings. The molecule has 2 amide bonds. The van der Waals surface area contributed by atoms with Gasteiger partial charge in [-0.2, -0.15) is 26.3 Å². The molecule has 0 spiro atoms. The molecule has 1 saturated heterocycles. The van der Waals surface area contributed by atoms with E-state index < -0.39 is 52.8 Å². The van der Waals surface area contributed by atoms with Crippen LogP contribution in [0.2, 0.25) is 0 Å². The Labute approximate surface area is 155 Å². The van der Waals surface area contributed by atoms with Crippen LogP contribution < -0.4 is 4.90 Å². The van der Waals surface area contributed by atoms with Crippen LogP contribution >= 0.6 is 0 Å². The highest BCUT2D eigenvalue weighted by Crippen LogP contribution is 2.68. The fraction of sp³-hybridized carbons (Fsp3) is 0.579. The highest BCUT2D eigenvalue weighted by Gasteiger charge is 2.68. The second-order valence-corrected chi connectivity index (χ2v) is 8.30. The Hall–Kier alpha value is -2.06. The lowest BCUT2D eigenvalue weighted by Gasteiger charge is -2.42. The molecule has 2 bridgehead atoms. The standard InChI is InChI=1S/C19H15F6NO2/c20-18(21,22)7-3-8(19(23,24)25)5-9(4-7)26-16(27)14-10-1-2-11(13-6-12(10)13)15(14)17(26)28/h3-5,10-15H,1-2,6H2. The molecule has 4 saturated carbocycles. The van der Waals surface area contributed by atoms with E-state index >= 15 is 0 Å².